The maximum atomic E-state index is 13.1. The zero-order valence-corrected chi connectivity index (χ0v) is 16.3. The summed E-state index contributed by atoms with van der Waals surface area (Å²) in [6.45, 7) is 1.55. The lowest BCUT2D eigenvalue weighted by molar-refractivity contribution is -0.138. The first-order valence-corrected chi connectivity index (χ1v) is 10.6. The maximum absolute atomic E-state index is 13.1. The van der Waals surface area contributed by atoms with Crippen molar-refractivity contribution in [1.82, 2.24) is 0 Å². The molecule has 2 aromatic carbocycles. The second-order valence-corrected chi connectivity index (χ2v) is 9.04. The van der Waals surface area contributed by atoms with Gasteiger partial charge in [-0.15, -0.1) is 0 Å². The van der Waals surface area contributed by atoms with E-state index in [0.29, 0.717) is 17.5 Å². The van der Waals surface area contributed by atoms with Crippen LogP contribution in [0.4, 0.5) is 4.79 Å². The Kier molecular flexibility index (Phi) is 5.84. The van der Waals surface area contributed by atoms with Crippen LogP contribution in [0.3, 0.4) is 0 Å². The number of carbonyl (C=O) groups excluding carboxylic acids is 1. The van der Waals surface area contributed by atoms with Crippen molar-refractivity contribution in [3.8, 4) is 0 Å². The number of carboxylic acids is 1. The second-order valence-electron chi connectivity index (χ2n) is 7.11. The SMILES string of the molecule is C[C@H]1C(S(=O)(=O)C(=O)OCc2ccccc2)c2ccccc2C[C@H]1CC(=O)O. The highest BCUT2D eigenvalue weighted by atomic mass is 32.2. The van der Waals surface area contributed by atoms with Crippen LogP contribution in [0.15, 0.2) is 54.6 Å². The number of hydrogen-bond acceptors (Lipinski definition) is 5. The molecule has 2 aromatic rings. The van der Waals surface area contributed by atoms with Gasteiger partial charge in [0.1, 0.15) is 11.9 Å². The molecule has 0 amide bonds. The molecule has 0 heterocycles. The van der Waals surface area contributed by atoms with Crippen LogP contribution >= 0.6 is 0 Å². The Morgan fingerprint density at radius 2 is 1.71 bits per heavy atom. The van der Waals surface area contributed by atoms with Crippen LogP contribution in [0.2, 0.25) is 0 Å². The average Bonchev–Trinajstić information content (AvgIpc) is 2.67. The summed E-state index contributed by atoms with van der Waals surface area (Å²) in [6, 6.07) is 15.8. The molecule has 3 atom stereocenters. The lowest BCUT2D eigenvalue weighted by Gasteiger charge is -2.36. The van der Waals surface area contributed by atoms with Gasteiger partial charge in [0.25, 0.3) is 9.84 Å². The predicted octanol–water partition coefficient (Wildman–Crippen LogP) is 3.76. The molecule has 1 N–H and O–H groups in total. The molecule has 0 fully saturated rings. The van der Waals surface area contributed by atoms with Crippen LogP contribution in [0.25, 0.3) is 0 Å². The molecule has 0 saturated carbocycles. The van der Waals surface area contributed by atoms with Crippen molar-refractivity contribution in [3.05, 3.63) is 71.3 Å². The molecule has 0 saturated heterocycles. The summed E-state index contributed by atoms with van der Waals surface area (Å²) in [4.78, 5) is 23.7. The number of carboxylic acid groups (broad SMARTS) is 1. The van der Waals surface area contributed by atoms with Crippen molar-refractivity contribution in [3.63, 3.8) is 0 Å². The molecule has 0 aromatic heterocycles. The van der Waals surface area contributed by atoms with Crippen LogP contribution in [-0.2, 0) is 32.4 Å². The summed E-state index contributed by atoms with van der Waals surface area (Å²) < 4.78 is 31.3. The maximum Gasteiger partial charge on any atom is 0.425 e. The standard InChI is InChI=1S/C21H22O6S/c1-14-17(12-19(22)23)11-16-9-5-6-10-18(16)20(14)28(25,26)21(24)27-13-15-7-3-2-4-8-15/h2-10,14,17,20H,11-13H2,1H3,(H,22,23)/t14-,17+,20?/m1/s1. The molecule has 1 aliphatic carbocycles. The molecule has 1 unspecified atom stereocenters. The fourth-order valence-electron chi connectivity index (χ4n) is 3.83. The minimum atomic E-state index is -4.32. The van der Waals surface area contributed by atoms with E-state index in [-0.39, 0.29) is 18.9 Å². The topological polar surface area (TPSA) is 97.7 Å². The van der Waals surface area contributed by atoms with Gasteiger partial charge in [0.05, 0.1) is 0 Å². The molecule has 3 rings (SSSR count). The van der Waals surface area contributed by atoms with E-state index >= 15 is 0 Å². The molecule has 28 heavy (non-hydrogen) atoms. The van der Waals surface area contributed by atoms with Crippen LogP contribution in [0.1, 0.15) is 35.3 Å². The fourth-order valence-corrected chi connectivity index (χ4v) is 5.61. The molecule has 0 aliphatic heterocycles. The normalized spacial score (nSPS) is 21.5. The zero-order valence-electron chi connectivity index (χ0n) is 15.4. The predicted molar refractivity (Wildman–Crippen MR) is 103 cm³/mol. The van der Waals surface area contributed by atoms with Crippen molar-refractivity contribution in [2.45, 2.75) is 31.6 Å². The van der Waals surface area contributed by atoms with E-state index in [1.54, 1.807) is 55.5 Å². The number of ether oxygens (including phenoxy) is 1. The Balaban J connectivity index is 1.89. The van der Waals surface area contributed by atoms with Crippen molar-refractivity contribution in [2.75, 3.05) is 0 Å². The monoisotopic (exact) mass is 402 g/mol. The Bertz CT molecular complexity index is 967. The van der Waals surface area contributed by atoms with Crippen molar-refractivity contribution < 1.29 is 27.9 Å². The van der Waals surface area contributed by atoms with Gasteiger partial charge >= 0.3 is 11.3 Å². The molecule has 7 heteroatoms. The summed E-state index contributed by atoms with van der Waals surface area (Å²) >= 11 is 0. The first-order chi connectivity index (χ1) is 13.3. The number of fused-ring (bicyclic) bond motifs is 1. The molecular weight excluding hydrogens is 380 g/mol. The van der Waals surface area contributed by atoms with Gasteiger partial charge in [-0.2, -0.15) is 0 Å². The lowest BCUT2D eigenvalue weighted by Crippen LogP contribution is -2.36. The van der Waals surface area contributed by atoms with Gasteiger partial charge in [0, 0.05) is 6.42 Å². The van der Waals surface area contributed by atoms with E-state index in [9.17, 15) is 23.1 Å². The van der Waals surface area contributed by atoms with Crippen LogP contribution in [0, 0.1) is 11.8 Å². The van der Waals surface area contributed by atoms with Gasteiger partial charge in [-0.05, 0) is 34.9 Å². The molecule has 1 aliphatic rings. The number of hydrogen-bond donors (Lipinski definition) is 1. The third kappa shape index (κ3) is 4.09. The van der Waals surface area contributed by atoms with Crippen LogP contribution < -0.4 is 0 Å². The Labute approximate surface area is 164 Å². The van der Waals surface area contributed by atoms with E-state index in [1.807, 2.05) is 6.07 Å². The zero-order chi connectivity index (χ0) is 20.3. The quantitative estimate of drug-likeness (QED) is 0.765. The molecule has 6 nitrogen and oxygen atoms in total. The first-order valence-electron chi connectivity index (χ1n) is 9.05. The third-order valence-electron chi connectivity index (χ3n) is 5.27. The number of sulfone groups is 1. The van der Waals surface area contributed by atoms with Gasteiger partial charge in [0.15, 0.2) is 0 Å². The highest BCUT2D eigenvalue weighted by Crippen LogP contribution is 2.44. The smallest absolute Gasteiger partial charge is 0.425 e. The van der Waals surface area contributed by atoms with E-state index in [4.69, 9.17) is 4.74 Å². The number of aliphatic carboxylic acids is 1. The summed E-state index contributed by atoms with van der Waals surface area (Å²) in [5.74, 6) is -1.89. The highest BCUT2D eigenvalue weighted by molar-refractivity contribution is 8.05. The third-order valence-corrected chi connectivity index (χ3v) is 7.20. The highest BCUT2D eigenvalue weighted by Gasteiger charge is 2.46. The molecular formula is C21H22O6S. The van der Waals surface area contributed by atoms with Crippen molar-refractivity contribution in [1.29, 1.82) is 0 Å². The van der Waals surface area contributed by atoms with Crippen molar-refractivity contribution >= 4 is 21.1 Å². The fraction of sp³-hybridized carbons (Fsp3) is 0.333. The number of rotatable bonds is 5. The Hall–Kier alpha value is -2.67. The summed E-state index contributed by atoms with van der Waals surface area (Å²) in [7, 11) is -4.32. The van der Waals surface area contributed by atoms with Crippen LogP contribution in [0.5, 0.6) is 0 Å². The van der Waals surface area contributed by atoms with Crippen molar-refractivity contribution in [2.24, 2.45) is 11.8 Å². The molecule has 148 valence electrons. The van der Waals surface area contributed by atoms with Gasteiger partial charge in [0.2, 0.25) is 0 Å². The average molecular weight is 402 g/mol. The van der Waals surface area contributed by atoms with E-state index < -0.39 is 32.3 Å². The summed E-state index contributed by atoms with van der Waals surface area (Å²) in [5.41, 5.74) is 2.00. The number of carbonyl (C=O) groups is 2. The van der Waals surface area contributed by atoms with E-state index in [2.05, 4.69) is 0 Å². The van der Waals surface area contributed by atoms with Gasteiger partial charge in [-0.1, -0.05) is 61.5 Å². The lowest BCUT2D eigenvalue weighted by atomic mass is 9.75. The van der Waals surface area contributed by atoms with Gasteiger partial charge < -0.3 is 9.84 Å². The second kappa shape index (κ2) is 8.14. The Morgan fingerprint density at radius 3 is 2.39 bits per heavy atom. The largest absolute Gasteiger partial charge is 0.481 e. The number of benzene rings is 2. The minimum absolute atomic E-state index is 0.139. The van der Waals surface area contributed by atoms with Crippen LogP contribution in [-0.4, -0.2) is 24.8 Å². The molecule has 0 radical (unpaired) electrons. The molecule has 0 spiro atoms. The summed E-state index contributed by atoms with van der Waals surface area (Å²) in [6.07, 6.45) is 0.315. The van der Waals surface area contributed by atoms with E-state index in [1.165, 1.54) is 0 Å². The molecule has 0 bridgehead atoms. The Morgan fingerprint density at radius 1 is 1.07 bits per heavy atom. The van der Waals surface area contributed by atoms with E-state index in [0.717, 1.165) is 5.56 Å². The minimum Gasteiger partial charge on any atom is -0.481 e. The van der Waals surface area contributed by atoms with Gasteiger partial charge in [-0.25, -0.2) is 13.2 Å². The summed E-state index contributed by atoms with van der Waals surface area (Å²) in [5, 5.41) is 6.80. The first kappa shape index (κ1) is 20.1. The van der Waals surface area contributed by atoms with Gasteiger partial charge in [-0.3, -0.25) is 4.79 Å².